The van der Waals surface area contributed by atoms with Gasteiger partial charge in [-0.3, -0.25) is 4.79 Å². The molecule has 2 fully saturated rings. The second-order valence-electron chi connectivity index (χ2n) is 5.06. The number of hydrogen-bond donors (Lipinski definition) is 1. The largest absolute Gasteiger partial charge is 0.381 e. The Balaban J connectivity index is 1.62. The quantitative estimate of drug-likeness (QED) is 0.910. The second-order valence-corrected chi connectivity index (χ2v) is 5.93. The van der Waals surface area contributed by atoms with Gasteiger partial charge in [-0.2, -0.15) is 0 Å². The fourth-order valence-corrected chi connectivity index (χ4v) is 3.48. The highest BCUT2D eigenvalue weighted by molar-refractivity contribution is 7.13. The molecule has 1 unspecified atom stereocenters. The summed E-state index contributed by atoms with van der Waals surface area (Å²) in [4.78, 5) is 18.9. The number of aromatic nitrogens is 1. The number of nitrogens with one attached hydrogen (secondary N) is 1. The number of thiazole rings is 1. The SMILES string of the molecule is O=C(NC1CCOCC1)C1CCCN1c1nccs1. The summed E-state index contributed by atoms with van der Waals surface area (Å²) < 4.78 is 5.32. The first-order valence-electron chi connectivity index (χ1n) is 6.89. The van der Waals surface area contributed by atoms with Crippen LogP contribution in [0.3, 0.4) is 0 Å². The Kier molecular flexibility index (Phi) is 3.98. The highest BCUT2D eigenvalue weighted by atomic mass is 32.1. The van der Waals surface area contributed by atoms with E-state index in [1.165, 1.54) is 0 Å². The maximum atomic E-state index is 12.4. The minimum absolute atomic E-state index is 0.0472. The van der Waals surface area contributed by atoms with Crippen molar-refractivity contribution >= 4 is 22.4 Å². The molecule has 104 valence electrons. The molecule has 5 nitrogen and oxygen atoms in total. The third kappa shape index (κ3) is 2.90. The molecule has 0 spiro atoms. The van der Waals surface area contributed by atoms with Crippen LogP contribution in [0.25, 0.3) is 0 Å². The van der Waals surface area contributed by atoms with Gasteiger partial charge in [0.05, 0.1) is 0 Å². The molecule has 2 aliphatic rings. The van der Waals surface area contributed by atoms with Crippen molar-refractivity contribution in [1.82, 2.24) is 10.3 Å². The van der Waals surface area contributed by atoms with E-state index in [1.54, 1.807) is 17.5 Å². The van der Waals surface area contributed by atoms with Gasteiger partial charge in [-0.1, -0.05) is 0 Å². The third-order valence-electron chi connectivity index (χ3n) is 3.79. The van der Waals surface area contributed by atoms with E-state index in [-0.39, 0.29) is 18.0 Å². The lowest BCUT2D eigenvalue weighted by Crippen LogP contribution is -2.48. The van der Waals surface area contributed by atoms with Crippen molar-refractivity contribution in [3.05, 3.63) is 11.6 Å². The summed E-state index contributed by atoms with van der Waals surface area (Å²) >= 11 is 1.60. The Hall–Kier alpha value is -1.14. The molecule has 2 saturated heterocycles. The highest BCUT2D eigenvalue weighted by Gasteiger charge is 2.33. The molecule has 0 aliphatic carbocycles. The van der Waals surface area contributed by atoms with Crippen LogP contribution < -0.4 is 10.2 Å². The summed E-state index contributed by atoms with van der Waals surface area (Å²) in [5.41, 5.74) is 0. The minimum atomic E-state index is -0.0472. The summed E-state index contributed by atoms with van der Waals surface area (Å²) in [5.74, 6) is 0.152. The number of carbonyl (C=O) groups excluding carboxylic acids is 1. The van der Waals surface area contributed by atoms with Gasteiger partial charge in [0.25, 0.3) is 0 Å². The average molecular weight is 281 g/mol. The van der Waals surface area contributed by atoms with Crippen LogP contribution >= 0.6 is 11.3 Å². The van der Waals surface area contributed by atoms with Crippen LogP contribution in [-0.2, 0) is 9.53 Å². The molecule has 0 saturated carbocycles. The Morgan fingerprint density at radius 2 is 2.26 bits per heavy atom. The molecule has 0 radical (unpaired) electrons. The van der Waals surface area contributed by atoms with E-state index in [4.69, 9.17) is 4.74 Å². The van der Waals surface area contributed by atoms with Crippen molar-refractivity contribution in [2.24, 2.45) is 0 Å². The zero-order chi connectivity index (χ0) is 13.1. The molecule has 1 aromatic rings. The van der Waals surface area contributed by atoms with E-state index < -0.39 is 0 Å². The van der Waals surface area contributed by atoms with E-state index >= 15 is 0 Å². The van der Waals surface area contributed by atoms with Crippen LogP contribution in [0, 0.1) is 0 Å². The number of amides is 1. The molecule has 3 rings (SSSR count). The molecule has 2 aliphatic heterocycles. The van der Waals surface area contributed by atoms with Crippen molar-refractivity contribution in [2.75, 3.05) is 24.7 Å². The summed E-state index contributed by atoms with van der Waals surface area (Å²) in [6, 6.07) is 0.231. The Morgan fingerprint density at radius 3 is 3.00 bits per heavy atom. The molecule has 0 bridgehead atoms. The van der Waals surface area contributed by atoms with Gasteiger partial charge in [0.2, 0.25) is 5.91 Å². The minimum Gasteiger partial charge on any atom is -0.381 e. The number of hydrogen-bond acceptors (Lipinski definition) is 5. The fourth-order valence-electron chi connectivity index (χ4n) is 2.77. The molecular weight excluding hydrogens is 262 g/mol. The van der Waals surface area contributed by atoms with Gasteiger partial charge in [0.1, 0.15) is 6.04 Å². The molecule has 6 heteroatoms. The van der Waals surface area contributed by atoms with Gasteiger partial charge in [0, 0.05) is 37.4 Å². The molecule has 1 amide bonds. The molecule has 1 atom stereocenters. The van der Waals surface area contributed by atoms with E-state index in [9.17, 15) is 4.79 Å². The summed E-state index contributed by atoms with van der Waals surface area (Å²) in [6.07, 6.45) is 5.64. The van der Waals surface area contributed by atoms with Crippen LogP contribution in [0.4, 0.5) is 5.13 Å². The van der Waals surface area contributed by atoms with Crippen LogP contribution in [0.5, 0.6) is 0 Å². The van der Waals surface area contributed by atoms with Crippen LogP contribution in [0.15, 0.2) is 11.6 Å². The molecule has 1 N–H and O–H groups in total. The van der Waals surface area contributed by atoms with Crippen molar-refractivity contribution in [3.63, 3.8) is 0 Å². The van der Waals surface area contributed by atoms with Gasteiger partial charge in [-0.15, -0.1) is 11.3 Å². The molecule has 0 aromatic carbocycles. The van der Waals surface area contributed by atoms with E-state index in [1.807, 2.05) is 5.38 Å². The van der Waals surface area contributed by atoms with Crippen LogP contribution in [-0.4, -0.2) is 42.7 Å². The van der Waals surface area contributed by atoms with Crippen molar-refractivity contribution in [3.8, 4) is 0 Å². The average Bonchev–Trinajstić information content (AvgIpc) is 3.10. The van der Waals surface area contributed by atoms with Crippen LogP contribution in [0.1, 0.15) is 25.7 Å². The summed E-state index contributed by atoms with van der Waals surface area (Å²) in [7, 11) is 0. The number of carbonyl (C=O) groups is 1. The molecular formula is C13H19N3O2S. The first-order valence-corrected chi connectivity index (χ1v) is 7.77. The Bertz CT molecular complexity index is 418. The van der Waals surface area contributed by atoms with E-state index in [0.717, 1.165) is 50.6 Å². The number of rotatable bonds is 3. The van der Waals surface area contributed by atoms with Crippen LogP contribution in [0.2, 0.25) is 0 Å². The number of anilines is 1. The zero-order valence-corrected chi connectivity index (χ0v) is 11.7. The van der Waals surface area contributed by atoms with Crippen molar-refractivity contribution in [1.29, 1.82) is 0 Å². The Labute approximate surface area is 117 Å². The van der Waals surface area contributed by atoms with E-state index in [0.29, 0.717) is 0 Å². The monoisotopic (exact) mass is 281 g/mol. The van der Waals surface area contributed by atoms with Gasteiger partial charge in [-0.05, 0) is 25.7 Å². The Morgan fingerprint density at radius 1 is 1.42 bits per heavy atom. The number of ether oxygens (including phenoxy) is 1. The van der Waals surface area contributed by atoms with Gasteiger partial charge in [-0.25, -0.2) is 4.98 Å². The summed E-state index contributed by atoms with van der Waals surface area (Å²) in [6.45, 7) is 2.44. The lowest BCUT2D eigenvalue weighted by molar-refractivity contribution is -0.123. The lowest BCUT2D eigenvalue weighted by Gasteiger charge is -2.28. The predicted molar refractivity (Wildman–Crippen MR) is 74.5 cm³/mol. The third-order valence-corrected chi connectivity index (χ3v) is 4.60. The van der Waals surface area contributed by atoms with Gasteiger partial charge >= 0.3 is 0 Å². The normalized spacial score (nSPS) is 24.6. The maximum Gasteiger partial charge on any atom is 0.243 e. The standard InChI is InChI=1S/C13H19N3O2S/c17-12(15-10-3-7-18-8-4-10)11-2-1-6-16(11)13-14-5-9-19-13/h5,9-11H,1-4,6-8H2,(H,15,17). The highest BCUT2D eigenvalue weighted by Crippen LogP contribution is 2.27. The topological polar surface area (TPSA) is 54.5 Å². The lowest BCUT2D eigenvalue weighted by atomic mass is 10.1. The molecule has 3 heterocycles. The second kappa shape index (κ2) is 5.88. The van der Waals surface area contributed by atoms with Gasteiger partial charge < -0.3 is 15.0 Å². The first kappa shape index (κ1) is 12.9. The molecule has 19 heavy (non-hydrogen) atoms. The number of nitrogens with zero attached hydrogens (tertiary/aromatic N) is 2. The molecule has 1 aromatic heterocycles. The predicted octanol–water partition coefficient (Wildman–Crippen LogP) is 1.41. The summed E-state index contributed by atoms with van der Waals surface area (Å²) in [5, 5.41) is 6.09. The van der Waals surface area contributed by atoms with Crippen molar-refractivity contribution < 1.29 is 9.53 Å². The maximum absolute atomic E-state index is 12.4. The van der Waals surface area contributed by atoms with E-state index in [2.05, 4.69) is 15.2 Å². The van der Waals surface area contributed by atoms with Gasteiger partial charge in [0.15, 0.2) is 5.13 Å². The fraction of sp³-hybridized carbons (Fsp3) is 0.692. The van der Waals surface area contributed by atoms with Crippen molar-refractivity contribution in [2.45, 2.75) is 37.8 Å². The zero-order valence-electron chi connectivity index (χ0n) is 10.9. The first-order chi connectivity index (χ1) is 9.34. The smallest absolute Gasteiger partial charge is 0.243 e.